The summed E-state index contributed by atoms with van der Waals surface area (Å²) in [5, 5.41) is 12.0. The number of anilines is 1. The van der Waals surface area contributed by atoms with Gasteiger partial charge in [0.25, 0.3) is 0 Å². The number of rotatable bonds is 7. The number of amides is 1. The van der Waals surface area contributed by atoms with Crippen LogP contribution in [0.2, 0.25) is 0 Å². The van der Waals surface area contributed by atoms with Crippen molar-refractivity contribution in [1.29, 1.82) is 0 Å². The lowest BCUT2D eigenvalue weighted by molar-refractivity contribution is -0.113. The lowest BCUT2D eigenvalue weighted by Gasteiger charge is -2.11. The fourth-order valence-electron chi connectivity index (χ4n) is 2.68. The Hall–Kier alpha value is -3.59. The monoisotopic (exact) mass is 406 g/mol. The standard InChI is InChI=1S/C20H18N6O2S/c1-28-16-9-7-15(8-10-16)22-18(27)14-29-20-24-23-19(17-6-2-3-11-21-17)26(20)25-12-4-5-13-25/h2-13H,14H2,1H3,(H,22,27). The maximum atomic E-state index is 12.4. The number of pyridine rings is 1. The number of benzene rings is 1. The number of nitrogens with zero attached hydrogens (tertiary/aromatic N) is 5. The Morgan fingerprint density at radius 1 is 1.07 bits per heavy atom. The molecule has 0 saturated carbocycles. The second-order valence-corrected chi connectivity index (χ2v) is 6.90. The molecular weight excluding hydrogens is 388 g/mol. The van der Waals surface area contributed by atoms with Crippen molar-refractivity contribution in [3.63, 3.8) is 0 Å². The fourth-order valence-corrected chi connectivity index (χ4v) is 3.41. The third-order valence-corrected chi connectivity index (χ3v) is 4.95. The second-order valence-electron chi connectivity index (χ2n) is 5.96. The van der Waals surface area contributed by atoms with Crippen molar-refractivity contribution in [1.82, 2.24) is 24.5 Å². The van der Waals surface area contributed by atoms with E-state index in [-0.39, 0.29) is 11.7 Å². The van der Waals surface area contributed by atoms with Crippen molar-refractivity contribution in [2.75, 3.05) is 18.2 Å². The molecule has 0 atom stereocenters. The molecule has 0 unspecified atom stereocenters. The molecule has 1 N–H and O–H groups in total. The van der Waals surface area contributed by atoms with E-state index in [1.54, 1.807) is 37.6 Å². The SMILES string of the molecule is COc1ccc(NC(=O)CSc2nnc(-c3ccccn3)n2-n2cccc2)cc1. The molecule has 0 aliphatic carbocycles. The summed E-state index contributed by atoms with van der Waals surface area (Å²) in [6, 6.07) is 16.6. The fraction of sp³-hybridized carbons (Fsp3) is 0.100. The quantitative estimate of drug-likeness (QED) is 0.474. The Labute approximate surface area is 171 Å². The summed E-state index contributed by atoms with van der Waals surface area (Å²) >= 11 is 1.30. The predicted molar refractivity (Wildman–Crippen MR) is 111 cm³/mol. The minimum absolute atomic E-state index is 0.137. The Balaban J connectivity index is 1.51. The summed E-state index contributed by atoms with van der Waals surface area (Å²) in [6.45, 7) is 0. The molecule has 0 spiro atoms. The molecule has 4 aromatic rings. The Morgan fingerprint density at radius 3 is 2.55 bits per heavy atom. The van der Waals surface area contributed by atoms with Gasteiger partial charge in [0.2, 0.25) is 16.9 Å². The summed E-state index contributed by atoms with van der Waals surface area (Å²) < 4.78 is 8.81. The zero-order valence-electron chi connectivity index (χ0n) is 15.6. The number of carbonyl (C=O) groups excluding carboxylic acids is 1. The Bertz CT molecular complexity index is 1080. The highest BCUT2D eigenvalue weighted by Gasteiger charge is 2.17. The van der Waals surface area contributed by atoms with Crippen molar-refractivity contribution in [2.45, 2.75) is 5.16 Å². The van der Waals surface area contributed by atoms with E-state index in [1.165, 1.54) is 11.8 Å². The highest BCUT2D eigenvalue weighted by atomic mass is 32.2. The molecular formula is C20H18N6O2S. The topological polar surface area (TPSA) is 86.9 Å². The van der Waals surface area contributed by atoms with Gasteiger partial charge in [0.05, 0.1) is 12.9 Å². The summed E-state index contributed by atoms with van der Waals surface area (Å²) in [7, 11) is 1.60. The van der Waals surface area contributed by atoms with E-state index < -0.39 is 0 Å². The molecule has 0 saturated heterocycles. The van der Waals surface area contributed by atoms with Gasteiger partial charge >= 0.3 is 0 Å². The first-order chi connectivity index (χ1) is 14.2. The maximum absolute atomic E-state index is 12.4. The molecule has 4 rings (SSSR count). The third kappa shape index (κ3) is 4.30. The van der Waals surface area contributed by atoms with Crippen LogP contribution in [0, 0.1) is 0 Å². The number of nitrogens with one attached hydrogen (secondary N) is 1. The van der Waals surface area contributed by atoms with E-state index in [2.05, 4.69) is 20.5 Å². The summed E-state index contributed by atoms with van der Waals surface area (Å²) in [5.74, 6) is 1.38. The lowest BCUT2D eigenvalue weighted by Crippen LogP contribution is -2.16. The van der Waals surface area contributed by atoms with E-state index in [9.17, 15) is 4.79 Å². The number of thioether (sulfide) groups is 1. The van der Waals surface area contributed by atoms with Gasteiger partial charge in [-0.05, 0) is 48.5 Å². The van der Waals surface area contributed by atoms with Gasteiger partial charge in [-0.25, -0.2) is 4.68 Å². The van der Waals surface area contributed by atoms with Gasteiger partial charge in [-0.2, -0.15) is 0 Å². The second kappa shape index (κ2) is 8.61. The average Bonchev–Trinajstić information content (AvgIpc) is 3.43. The Morgan fingerprint density at radius 2 is 1.86 bits per heavy atom. The molecule has 0 radical (unpaired) electrons. The molecule has 146 valence electrons. The van der Waals surface area contributed by atoms with E-state index in [0.29, 0.717) is 22.4 Å². The van der Waals surface area contributed by atoms with Gasteiger partial charge in [-0.15, -0.1) is 10.2 Å². The molecule has 0 fully saturated rings. The number of methoxy groups -OCH3 is 1. The van der Waals surface area contributed by atoms with Crippen LogP contribution in [-0.2, 0) is 4.79 Å². The number of carbonyl (C=O) groups is 1. The molecule has 29 heavy (non-hydrogen) atoms. The zero-order chi connectivity index (χ0) is 20.1. The number of hydrogen-bond donors (Lipinski definition) is 1. The average molecular weight is 406 g/mol. The van der Waals surface area contributed by atoms with E-state index in [4.69, 9.17) is 4.74 Å². The third-order valence-electron chi connectivity index (χ3n) is 4.03. The van der Waals surface area contributed by atoms with Crippen LogP contribution in [0.5, 0.6) is 5.75 Å². The molecule has 3 heterocycles. The molecule has 0 aliphatic heterocycles. The van der Waals surface area contributed by atoms with Gasteiger partial charge in [-0.3, -0.25) is 14.5 Å². The minimum atomic E-state index is -0.137. The highest BCUT2D eigenvalue weighted by molar-refractivity contribution is 7.99. The van der Waals surface area contributed by atoms with Crippen LogP contribution in [0.25, 0.3) is 11.5 Å². The van der Waals surface area contributed by atoms with Crippen LogP contribution in [0.3, 0.4) is 0 Å². The molecule has 0 bridgehead atoms. The van der Waals surface area contributed by atoms with Gasteiger partial charge in [0.1, 0.15) is 11.4 Å². The van der Waals surface area contributed by atoms with Crippen molar-refractivity contribution >= 4 is 23.4 Å². The van der Waals surface area contributed by atoms with Crippen molar-refractivity contribution in [3.05, 3.63) is 73.2 Å². The smallest absolute Gasteiger partial charge is 0.234 e. The van der Waals surface area contributed by atoms with Gasteiger partial charge < -0.3 is 10.1 Å². The molecule has 8 nitrogen and oxygen atoms in total. The predicted octanol–water partition coefficient (Wildman–Crippen LogP) is 3.19. The van der Waals surface area contributed by atoms with Gasteiger partial charge in [-0.1, -0.05) is 17.8 Å². The van der Waals surface area contributed by atoms with Crippen LogP contribution in [0.4, 0.5) is 5.69 Å². The van der Waals surface area contributed by atoms with Crippen LogP contribution in [-0.4, -0.2) is 43.3 Å². The first-order valence-electron chi connectivity index (χ1n) is 8.82. The molecule has 1 amide bonds. The lowest BCUT2D eigenvalue weighted by atomic mass is 10.3. The minimum Gasteiger partial charge on any atom is -0.497 e. The highest BCUT2D eigenvalue weighted by Crippen LogP contribution is 2.23. The van der Waals surface area contributed by atoms with E-state index >= 15 is 0 Å². The number of hydrogen-bond acceptors (Lipinski definition) is 6. The first kappa shape index (κ1) is 18.8. The number of ether oxygens (including phenoxy) is 1. The van der Waals surface area contributed by atoms with E-state index in [0.717, 1.165) is 5.75 Å². The largest absolute Gasteiger partial charge is 0.497 e. The van der Waals surface area contributed by atoms with Crippen LogP contribution < -0.4 is 10.1 Å². The van der Waals surface area contributed by atoms with Crippen LogP contribution >= 0.6 is 11.8 Å². The molecule has 1 aromatic carbocycles. The van der Waals surface area contributed by atoms with Crippen LogP contribution in [0.1, 0.15) is 0 Å². The van der Waals surface area contributed by atoms with Crippen molar-refractivity contribution in [3.8, 4) is 17.3 Å². The first-order valence-corrected chi connectivity index (χ1v) is 9.80. The zero-order valence-corrected chi connectivity index (χ0v) is 16.4. The van der Waals surface area contributed by atoms with Gasteiger partial charge in [0.15, 0.2) is 0 Å². The van der Waals surface area contributed by atoms with E-state index in [1.807, 2.05) is 52.1 Å². The normalized spacial score (nSPS) is 10.7. The summed E-state index contributed by atoms with van der Waals surface area (Å²) in [6.07, 6.45) is 5.48. The molecule has 0 aliphatic rings. The van der Waals surface area contributed by atoms with Gasteiger partial charge in [0, 0.05) is 24.3 Å². The summed E-state index contributed by atoms with van der Waals surface area (Å²) in [4.78, 5) is 16.7. The van der Waals surface area contributed by atoms with Crippen LogP contribution in [0.15, 0.2) is 78.3 Å². The molecule has 9 heteroatoms. The number of aromatic nitrogens is 5. The Kier molecular flexibility index (Phi) is 5.57. The maximum Gasteiger partial charge on any atom is 0.234 e. The molecule has 3 aromatic heterocycles. The van der Waals surface area contributed by atoms with Crippen molar-refractivity contribution < 1.29 is 9.53 Å². The van der Waals surface area contributed by atoms with Crippen molar-refractivity contribution in [2.24, 2.45) is 0 Å². The summed E-state index contributed by atoms with van der Waals surface area (Å²) in [5.41, 5.74) is 1.40.